The molecule has 2 fully saturated rings. The van der Waals surface area contributed by atoms with E-state index in [0.29, 0.717) is 6.04 Å². The van der Waals surface area contributed by atoms with Crippen molar-refractivity contribution < 1.29 is 9.47 Å². The molecule has 2 aliphatic rings. The lowest BCUT2D eigenvalue weighted by Crippen LogP contribution is -2.47. The molecule has 2 saturated heterocycles. The van der Waals surface area contributed by atoms with Gasteiger partial charge in [-0.05, 0) is 44.4 Å². The van der Waals surface area contributed by atoms with Crippen LogP contribution in [0.3, 0.4) is 0 Å². The number of hydrogen-bond donors (Lipinski definition) is 1. The topological polar surface area (TPSA) is 30.5 Å². The Bertz CT molecular complexity index is 219. The molecule has 2 atom stereocenters. The van der Waals surface area contributed by atoms with Crippen molar-refractivity contribution in [2.45, 2.75) is 43.7 Å². The summed E-state index contributed by atoms with van der Waals surface area (Å²) in [6, 6.07) is 0.671. The minimum atomic E-state index is 0.215. The molecule has 2 unspecified atom stereocenters. The smallest absolute Gasteiger partial charge is 0.0795 e. The summed E-state index contributed by atoms with van der Waals surface area (Å²) in [5, 5.41) is 3.69. The van der Waals surface area contributed by atoms with E-state index in [2.05, 4.69) is 5.32 Å². The van der Waals surface area contributed by atoms with Crippen LogP contribution in [-0.4, -0.2) is 50.0 Å². The van der Waals surface area contributed by atoms with Gasteiger partial charge in [0, 0.05) is 32.1 Å². The van der Waals surface area contributed by atoms with E-state index in [9.17, 15) is 0 Å². The predicted octanol–water partition coefficient (Wildman–Crippen LogP) is 2.06. The van der Waals surface area contributed by atoms with Crippen molar-refractivity contribution in [3.8, 4) is 0 Å². The van der Waals surface area contributed by atoms with Gasteiger partial charge in [0.05, 0.1) is 5.60 Å². The van der Waals surface area contributed by atoms with Gasteiger partial charge in [-0.15, -0.1) is 0 Å². The van der Waals surface area contributed by atoms with Crippen LogP contribution in [0.1, 0.15) is 32.1 Å². The third kappa shape index (κ3) is 4.12. The second kappa shape index (κ2) is 6.98. The first kappa shape index (κ1) is 13.7. The number of ether oxygens (including phenoxy) is 2. The lowest BCUT2D eigenvalue weighted by atomic mass is 9.90. The van der Waals surface area contributed by atoms with Gasteiger partial charge in [0.25, 0.3) is 0 Å². The number of thioether (sulfide) groups is 1. The minimum Gasteiger partial charge on any atom is -0.385 e. The highest BCUT2D eigenvalue weighted by Crippen LogP contribution is 2.38. The number of nitrogens with one attached hydrogen (secondary N) is 1. The van der Waals surface area contributed by atoms with Crippen LogP contribution in [0.4, 0.5) is 0 Å². The van der Waals surface area contributed by atoms with Gasteiger partial charge in [-0.3, -0.25) is 0 Å². The summed E-state index contributed by atoms with van der Waals surface area (Å²) >= 11 is 2.05. The van der Waals surface area contributed by atoms with Crippen molar-refractivity contribution >= 4 is 11.8 Å². The van der Waals surface area contributed by atoms with Crippen LogP contribution in [0.2, 0.25) is 0 Å². The quantitative estimate of drug-likeness (QED) is 0.740. The van der Waals surface area contributed by atoms with Crippen LogP contribution >= 0.6 is 11.8 Å². The average Bonchev–Trinajstić information content (AvgIpc) is 2.77. The van der Waals surface area contributed by atoms with E-state index in [1.807, 2.05) is 11.8 Å². The standard InChI is InChI=1S/C13H25NO2S/c1-15-7-3-2-6-14-12-4-8-16-13(10-12)5-9-17-11-13/h12,14H,2-11H2,1H3. The second-order valence-corrected chi connectivity index (χ2v) is 6.28. The van der Waals surface area contributed by atoms with E-state index in [4.69, 9.17) is 9.47 Å². The summed E-state index contributed by atoms with van der Waals surface area (Å²) in [4.78, 5) is 0. The van der Waals surface area contributed by atoms with Crippen molar-refractivity contribution in [1.29, 1.82) is 0 Å². The third-order valence-corrected chi connectivity index (χ3v) is 4.99. The minimum absolute atomic E-state index is 0.215. The maximum absolute atomic E-state index is 6.02. The third-order valence-electron chi connectivity index (χ3n) is 3.77. The zero-order chi connectivity index (χ0) is 12.0. The molecule has 2 heterocycles. The molecular formula is C13H25NO2S. The van der Waals surface area contributed by atoms with E-state index in [-0.39, 0.29) is 5.60 Å². The van der Waals surface area contributed by atoms with Gasteiger partial charge in [0.15, 0.2) is 0 Å². The maximum atomic E-state index is 6.02. The number of methoxy groups -OCH3 is 1. The molecule has 0 aromatic rings. The van der Waals surface area contributed by atoms with Crippen LogP contribution in [-0.2, 0) is 9.47 Å². The fourth-order valence-electron chi connectivity index (χ4n) is 2.74. The van der Waals surface area contributed by atoms with Crippen LogP contribution < -0.4 is 5.32 Å². The molecule has 1 spiro atoms. The normalized spacial score (nSPS) is 33.4. The first-order valence-corrected chi connectivity index (χ1v) is 7.94. The van der Waals surface area contributed by atoms with Gasteiger partial charge in [-0.1, -0.05) is 0 Å². The Kier molecular flexibility index (Phi) is 5.60. The molecule has 17 heavy (non-hydrogen) atoms. The average molecular weight is 259 g/mol. The van der Waals surface area contributed by atoms with Crippen molar-refractivity contribution in [2.75, 3.05) is 38.4 Å². The maximum Gasteiger partial charge on any atom is 0.0795 e. The summed E-state index contributed by atoms with van der Waals surface area (Å²) in [7, 11) is 1.77. The van der Waals surface area contributed by atoms with Crippen LogP contribution in [0, 0.1) is 0 Å². The Balaban J connectivity index is 1.63. The van der Waals surface area contributed by atoms with E-state index in [0.717, 1.165) is 26.2 Å². The van der Waals surface area contributed by atoms with E-state index in [1.54, 1.807) is 7.11 Å². The molecule has 0 radical (unpaired) electrons. The van der Waals surface area contributed by atoms with Crippen molar-refractivity contribution in [1.82, 2.24) is 5.32 Å². The Hall–Kier alpha value is 0.230. The molecule has 0 aliphatic carbocycles. The lowest BCUT2D eigenvalue weighted by molar-refractivity contribution is -0.0700. The van der Waals surface area contributed by atoms with Gasteiger partial charge in [0.1, 0.15) is 0 Å². The van der Waals surface area contributed by atoms with Gasteiger partial charge in [-0.25, -0.2) is 0 Å². The van der Waals surface area contributed by atoms with Crippen LogP contribution in [0.5, 0.6) is 0 Å². The first-order chi connectivity index (χ1) is 8.35. The zero-order valence-corrected chi connectivity index (χ0v) is 11.7. The molecule has 0 bridgehead atoms. The molecule has 1 N–H and O–H groups in total. The van der Waals surface area contributed by atoms with E-state index >= 15 is 0 Å². The number of unbranched alkanes of at least 4 members (excludes halogenated alkanes) is 1. The van der Waals surface area contributed by atoms with E-state index in [1.165, 1.54) is 37.2 Å². The second-order valence-electron chi connectivity index (χ2n) is 5.18. The molecule has 0 aromatic heterocycles. The lowest BCUT2D eigenvalue weighted by Gasteiger charge is -2.38. The number of rotatable bonds is 6. The highest BCUT2D eigenvalue weighted by molar-refractivity contribution is 7.99. The Morgan fingerprint density at radius 3 is 3.18 bits per heavy atom. The summed E-state index contributed by atoms with van der Waals surface area (Å²) in [6.45, 7) is 2.95. The zero-order valence-electron chi connectivity index (χ0n) is 10.9. The van der Waals surface area contributed by atoms with Crippen LogP contribution in [0.15, 0.2) is 0 Å². The fourth-order valence-corrected chi connectivity index (χ4v) is 4.12. The highest BCUT2D eigenvalue weighted by atomic mass is 32.2. The Morgan fingerprint density at radius 2 is 2.41 bits per heavy atom. The summed E-state index contributed by atoms with van der Waals surface area (Å²) < 4.78 is 11.1. The summed E-state index contributed by atoms with van der Waals surface area (Å²) in [5.41, 5.74) is 0.215. The van der Waals surface area contributed by atoms with Crippen LogP contribution in [0.25, 0.3) is 0 Å². The molecule has 0 aromatic carbocycles. The Labute approximate surface area is 109 Å². The summed E-state index contributed by atoms with van der Waals surface area (Å²) in [5.74, 6) is 2.48. The van der Waals surface area contributed by atoms with Crippen molar-refractivity contribution in [3.63, 3.8) is 0 Å². The SMILES string of the molecule is COCCCCNC1CCOC2(CCSC2)C1. The molecule has 4 heteroatoms. The molecule has 3 nitrogen and oxygen atoms in total. The molecule has 2 rings (SSSR count). The van der Waals surface area contributed by atoms with Gasteiger partial charge in [0.2, 0.25) is 0 Å². The molecule has 0 saturated carbocycles. The molecular weight excluding hydrogens is 234 g/mol. The molecule has 0 amide bonds. The van der Waals surface area contributed by atoms with Gasteiger partial charge < -0.3 is 14.8 Å². The fraction of sp³-hybridized carbons (Fsp3) is 1.00. The van der Waals surface area contributed by atoms with Gasteiger partial charge in [-0.2, -0.15) is 11.8 Å². The van der Waals surface area contributed by atoms with Crippen molar-refractivity contribution in [3.05, 3.63) is 0 Å². The monoisotopic (exact) mass is 259 g/mol. The number of hydrogen-bond acceptors (Lipinski definition) is 4. The molecule has 100 valence electrons. The largest absolute Gasteiger partial charge is 0.385 e. The Morgan fingerprint density at radius 1 is 1.47 bits per heavy atom. The molecule has 2 aliphatic heterocycles. The van der Waals surface area contributed by atoms with E-state index < -0.39 is 0 Å². The first-order valence-electron chi connectivity index (χ1n) is 6.79. The van der Waals surface area contributed by atoms with Crippen molar-refractivity contribution in [2.24, 2.45) is 0 Å². The van der Waals surface area contributed by atoms with Gasteiger partial charge >= 0.3 is 0 Å². The predicted molar refractivity (Wildman–Crippen MR) is 72.8 cm³/mol. The summed E-state index contributed by atoms with van der Waals surface area (Å²) in [6.07, 6.45) is 6.02. The highest BCUT2D eigenvalue weighted by Gasteiger charge is 2.40.